The van der Waals surface area contributed by atoms with Crippen LogP contribution in [0.5, 0.6) is 0 Å². The van der Waals surface area contributed by atoms with Crippen molar-refractivity contribution in [1.29, 1.82) is 0 Å². The molecule has 0 saturated carbocycles. The van der Waals surface area contributed by atoms with Crippen LogP contribution < -0.4 is 0 Å². The van der Waals surface area contributed by atoms with Gasteiger partial charge in [-0.05, 0) is 76.2 Å². The molecule has 0 aromatic heterocycles. The average Bonchev–Trinajstić information content (AvgIpc) is 3.71. The smallest absolute Gasteiger partial charge is 0.365 e. The van der Waals surface area contributed by atoms with E-state index in [1.165, 1.54) is 56.3 Å². The monoisotopic (exact) mass is 820 g/mol. The van der Waals surface area contributed by atoms with Crippen LogP contribution in [0.4, 0.5) is 26.3 Å². The van der Waals surface area contributed by atoms with Crippen molar-refractivity contribution in [3.8, 4) is 0 Å². The first-order valence-electron chi connectivity index (χ1n) is 16.6. The fraction of sp³-hybridized carbons (Fsp3) is 0.263. The number of alkyl halides is 2. The highest BCUT2D eigenvalue weighted by atomic mass is 32.2. The molecule has 4 aromatic rings. The lowest BCUT2D eigenvalue weighted by Crippen LogP contribution is -2.36. The SMILES string of the molecule is CC1(C)CC(S(=O)(=NC(=O)c2ccccc2)C(F)(F)c2c(F)cccc2F)=NO1.CC1(C)CC(S(=O)(Cc2c(F)cccc2F)=NC(=O)c2ccccc2)=NO1. The van der Waals surface area contributed by atoms with Gasteiger partial charge < -0.3 is 9.68 Å². The predicted octanol–water partition coefficient (Wildman–Crippen LogP) is 9.12. The summed E-state index contributed by atoms with van der Waals surface area (Å²) < 4.78 is 121. The first kappa shape index (κ1) is 41.8. The first-order chi connectivity index (χ1) is 26.2. The van der Waals surface area contributed by atoms with E-state index in [1.807, 2.05) is 0 Å². The van der Waals surface area contributed by atoms with Gasteiger partial charge in [-0.1, -0.05) is 58.8 Å². The van der Waals surface area contributed by atoms with Gasteiger partial charge >= 0.3 is 5.25 Å². The lowest BCUT2D eigenvalue weighted by atomic mass is 10.1. The molecule has 2 unspecified atom stereocenters. The average molecular weight is 821 g/mol. The molecule has 0 spiro atoms. The summed E-state index contributed by atoms with van der Waals surface area (Å²) in [7, 11) is -8.64. The van der Waals surface area contributed by atoms with Crippen LogP contribution in [0.25, 0.3) is 0 Å². The number of carbonyl (C=O) groups is 2. The number of hydrogen-bond donors (Lipinski definition) is 0. The molecular weight excluding hydrogens is 787 g/mol. The first-order valence-corrected chi connectivity index (χ1v) is 19.8. The maximum Gasteiger partial charge on any atom is 0.365 e. The zero-order chi connectivity index (χ0) is 41.1. The lowest BCUT2D eigenvalue weighted by Gasteiger charge is -2.22. The van der Waals surface area contributed by atoms with E-state index in [4.69, 9.17) is 9.68 Å². The van der Waals surface area contributed by atoms with Crippen LogP contribution in [0.1, 0.15) is 72.4 Å². The van der Waals surface area contributed by atoms with Gasteiger partial charge in [-0.15, -0.1) is 4.36 Å². The van der Waals surface area contributed by atoms with Crippen molar-refractivity contribution in [3.05, 3.63) is 143 Å². The van der Waals surface area contributed by atoms with Crippen LogP contribution in [0, 0.1) is 23.3 Å². The van der Waals surface area contributed by atoms with Gasteiger partial charge in [0.15, 0.2) is 19.8 Å². The standard InChI is InChI=1S/C19H16F4N2O3S.C19H18F2N2O3S/c1-18(2)11-15(24-28-18)29(27,25-17(26)12-7-4-3-5-8-12)19(22,23)16-13(20)9-6-10-14(16)21;1-19(2)11-17(22-26-19)27(25,12-14-15(20)9-6-10-16(14)21)23-18(24)13-7-4-3-5-8-13/h3-10H,11H2,1-2H3;3-10H,11-12H2,1-2H3. The van der Waals surface area contributed by atoms with Crippen molar-refractivity contribution in [2.24, 2.45) is 19.0 Å². The fourth-order valence-electron chi connectivity index (χ4n) is 5.25. The molecule has 4 aromatic carbocycles. The molecule has 10 nitrogen and oxygen atoms in total. The van der Waals surface area contributed by atoms with Gasteiger partial charge in [0, 0.05) is 29.5 Å². The third kappa shape index (κ3) is 9.02. The van der Waals surface area contributed by atoms with Crippen molar-refractivity contribution in [2.75, 3.05) is 0 Å². The number of nitrogens with zero attached hydrogens (tertiary/aromatic N) is 4. The van der Waals surface area contributed by atoms with Crippen molar-refractivity contribution in [3.63, 3.8) is 0 Å². The summed E-state index contributed by atoms with van der Waals surface area (Å²) in [5.74, 6) is -7.55. The Morgan fingerprint density at radius 1 is 0.643 bits per heavy atom. The van der Waals surface area contributed by atoms with Crippen LogP contribution in [-0.2, 0) is 40.1 Å². The summed E-state index contributed by atoms with van der Waals surface area (Å²) >= 11 is 0. The Balaban J connectivity index is 0.000000215. The van der Waals surface area contributed by atoms with Gasteiger partial charge in [0.1, 0.15) is 49.8 Å². The molecule has 0 bridgehead atoms. The molecule has 2 aliphatic heterocycles. The Bertz CT molecular complexity index is 2440. The molecule has 0 N–H and O–H groups in total. The minimum absolute atomic E-state index is 0.0134. The highest BCUT2D eigenvalue weighted by Crippen LogP contribution is 2.43. The second-order valence-corrected chi connectivity index (χ2v) is 18.1. The second kappa shape index (κ2) is 16.0. The number of oxime groups is 2. The van der Waals surface area contributed by atoms with Crippen LogP contribution in [-0.4, -0.2) is 41.5 Å². The number of amides is 2. The molecule has 2 atom stereocenters. The summed E-state index contributed by atoms with van der Waals surface area (Å²) in [5, 5.41) is 1.81. The Hall–Kier alpha value is -5.36. The minimum atomic E-state index is -5.08. The van der Waals surface area contributed by atoms with Crippen molar-refractivity contribution < 1.29 is 54.0 Å². The largest absolute Gasteiger partial charge is 0.389 e. The zero-order valence-electron chi connectivity index (χ0n) is 30.2. The Kier molecular flexibility index (Phi) is 12.0. The maximum atomic E-state index is 15.4. The highest BCUT2D eigenvalue weighted by Gasteiger charge is 2.54. The topological polar surface area (TPSA) is 136 Å². The minimum Gasteiger partial charge on any atom is -0.389 e. The van der Waals surface area contributed by atoms with Gasteiger partial charge in [0.05, 0.1) is 5.75 Å². The maximum absolute atomic E-state index is 15.4. The van der Waals surface area contributed by atoms with Gasteiger partial charge in [-0.25, -0.2) is 26.0 Å². The Morgan fingerprint density at radius 3 is 1.48 bits per heavy atom. The molecule has 0 radical (unpaired) electrons. The molecule has 2 amide bonds. The van der Waals surface area contributed by atoms with E-state index in [9.17, 15) is 35.6 Å². The summed E-state index contributed by atoms with van der Waals surface area (Å²) in [6, 6.07) is 20.5. The Morgan fingerprint density at radius 2 is 1.05 bits per heavy atom. The normalized spacial score (nSPS) is 17.7. The van der Waals surface area contributed by atoms with Crippen molar-refractivity contribution in [1.82, 2.24) is 0 Å². The molecule has 0 saturated heterocycles. The van der Waals surface area contributed by atoms with E-state index in [0.717, 1.165) is 18.2 Å². The van der Waals surface area contributed by atoms with E-state index >= 15 is 8.78 Å². The molecule has 0 fully saturated rings. The highest BCUT2D eigenvalue weighted by molar-refractivity contribution is 8.09. The molecule has 2 heterocycles. The lowest BCUT2D eigenvalue weighted by molar-refractivity contribution is 0.0120. The second-order valence-electron chi connectivity index (χ2n) is 13.7. The van der Waals surface area contributed by atoms with E-state index in [0.29, 0.717) is 12.1 Å². The van der Waals surface area contributed by atoms with Crippen LogP contribution >= 0.6 is 0 Å². The molecule has 2 aliphatic rings. The van der Waals surface area contributed by atoms with Gasteiger partial charge in [-0.3, -0.25) is 9.59 Å². The number of rotatable bonds is 6. The molecular formula is C38H34F6N4O6S2. The van der Waals surface area contributed by atoms with Crippen molar-refractivity contribution >= 4 is 41.4 Å². The van der Waals surface area contributed by atoms with Crippen molar-refractivity contribution in [2.45, 2.75) is 62.7 Å². The summed E-state index contributed by atoms with van der Waals surface area (Å²) in [5.41, 5.74) is -3.90. The molecule has 56 heavy (non-hydrogen) atoms. The summed E-state index contributed by atoms with van der Waals surface area (Å²) in [6.45, 7) is 6.44. The Labute approximate surface area is 319 Å². The quantitative estimate of drug-likeness (QED) is 0.178. The van der Waals surface area contributed by atoms with Gasteiger partial charge in [0.25, 0.3) is 11.8 Å². The van der Waals surface area contributed by atoms with E-state index in [1.54, 1.807) is 38.1 Å². The third-order valence-corrected chi connectivity index (χ3v) is 12.4. The molecule has 6 rings (SSSR count). The number of halogens is 6. The fourth-order valence-corrected chi connectivity index (χ4v) is 9.36. The zero-order valence-corrected chi connectivity index (χ0v) is 31.8. The molecule has 296 valence electrons. The molecule has 0 aliphatic carbocycles. The third-order valence-electron chi connectivity index (χ3n) is 8.12. The van der Waals surface area contributed by atoms with Gasteiger partial charge in [-0.2, -0.15) is 13.1 Å². The van der Waals surface area contributed by atoms with E-state index in [2.05, 4.69) is 19.0 Å². The van der Waals surface area contributed by atoms with E-state index < -0.39 is 92.9 Å². The number of benzene rings is 4. The predicted molar refractivity (Wildman–Crippen MR) is 197 cm³/mol. The summed E-state index contributed by atoms with van der Waals surface area (Å²) in [4.78, 5) is 35.2. The molecule has 18 heteroatoms. The van der Waals surface area contributed by atoms with Crippen LogP contribution in [0.3, 0.4) is 0 Å². The van der Waals surface area contributed by atoms with E-state index in [-0.39, 0.29) is 29.0 Å². The van der Waals surface area contributed by atoms with Crippen LogP contribution in [0.2, 0.25) is 0 Å². The summed E-state index contributed by atoms with van der Waals surface area (Å²) in [6.07, 6.45) is -0.240. The van der Waals surface area contributed by atoms with Crippen LogP contribution in [0.15, 0.2) is 116 Å². The number of carbonyl (C=O) groups excluding carboxylic acids is 2. The number of hydrogen-bond acceptors (Lipinski definition) is 8. The van der Waals surface area contributed by atoms with Gasteiger partial charge in [0.2, 0.25) is 0 Å².